The van der Waals surface area contributed by atoms with Crippen LogP contribution in [0.15, 0.2) is 48.5 Å². The summed E-state index contributed by atoms with van der Waals surface area (Å²) in [4.78, 5) is 28.3. The highest BCUT2D eigenvalue weighted by atomic mass is 19.4. The van der Waals surface area contributed by atoms with Gasteiger partial charge in [0, 0.05) is 6.54 Å². The minimum atomic E-state index is -5.02. The molecule has 0 radical (unpaired) electrons. The van der Waals surface area contributed by atoms with Gasteiger partial charge < -0.3 is 19.6 Å². The maximum absolute atomic E-state index is 12.8. The zero-order valence-electron chi connectivity index (χ0n) is 17.0. The number of hydrogen-bond acceptors (Lipinski definition) is 6. The van der Waals surface area contributed by atoms with Crippen LogP contribution in [0.2, 0.25) is 0 Å². The van der Waals surface area contributed by atoms with Gasteiger partial charge in [-0.2, -0.15) is 18.7 Å². The van der Waals surface area contributed by atoms with Crippen molar-refractivity contribution in [2.24, 2.45) is 0 Å². The second kappa shape index (κ2) is 11.2. The summed E-state index contributed by atoms with van der Waals surface area (Å²) in [7, 11) is 2.83. The van der Waals surface area contributed by atoms with Crippen LogP contribution >= 0.6 is 0 Å². The van der Waals surface area contributed by atoms with E-state index in [2.05, 4.69) is 5.48 Å². The number of benzene rings is 2. The first kappa shape index (κ1) is 24.0. The Labute approximate surface area is 177 Å². The molecule has 0 saturated carbocycles. The Balaban J connectivity index is 1.99. The number of nitrogens with one attached hydrogen (secondary N) is 2. The first-order valence-electron chi connectivity index (χ1n) is 9.35. The normalized spacial score (nSPS) is 12.0. The molecule has 7 nitrogen and oxygen atoms in total. The van der Waals surface area contributed by atoms with Crippen molar-refractivity contribution in [2.75, 3.05) is 20.8 Å². The van der Waals surface area contributed by atoms with Crippen LogP contribution in [0.1, 0.15) is 34.8 Å². The van der Waals surface area contributed by atoms with Crippen LogP contribution < -0.4 is 20.3 Å². The first-order chi connectivity index (χ1) is 14.8. The third-order valence-electron chi connectivity index (χ3n) is 4.32. The molecule has 0 aromatic heterocycles. The van der Waals surface area contributed by atoms with Gasteiger partial charge >= 0.3 is 18.1 Å². The molecule has 10 heteroatoms. The maximum Gasteiger partial charge on any atom is 0.471 e. The lowest BCUT2D eigenvalue weighted by Crippen LogP contribution is -2.39. The summed E-state index contributed by atoms with van der Waals surface area (Å²) in [6.07, 6.45) is -4.56. The average molecular weight is 440 g/mol. The van der Waals surface area contributed by atoms with Gasteiger partial charge in [-0.1, -0.05) is 24.3 Å². The topological polar surface area (TPSA) is 85.9 Å². The molecular formula is C21H23F3N2O5. The van der Waals surface area contributed by atoms with E-state index in [0.29, 0.717) is 29.0 Å². The van der Waals surface area contributed by atoms with Crippen molar-refractivity contribution in [2.45, 2.75) is 25.1 Å². The summed E-state index contributed by atoms with van der Waals surface area (Å²) in [5, 5.41) is 1.99. The number of halogens is 3. The third kappa shape index (κ3) is 7.18. The molecule has 2 aromatic rings. The third-order valence-corrected chi connectivity index (χ3v) is 4.32. The van der Waals surface area contributed by atoms with Crippen molar-refractivity contribution in [3.05, 3.63) is 59.7 Å². The van der Waals surface area contributed by atoms with Crippen LogP contribution in [-0.2, 0) is 9.63 Å². The molecule has 0 aliphatic rings. The lowest BCUT2D eigenvalue weighted by atomic mass is 10.0. The molecule has 0 saturated heterocycles. The molecular weight excluding hydrogens is 417 g/mol. The van der Waals surface area contributed by atoms with Crippen molar-refractivity contribution in [1.82, 2.24) is 10.8 Å². The number of amides is 1. The summed E-state index contributed by atoms with van der Waals surface area (Å²) < 4.78 is 48.6. The van der Waals surface area contributed by atoms with Crippen molar-refractivity contribution in [3.8, 4) is 11.5 Å². The van der Waals surface area contributed by atoms with Crippen LogP contribution in [-0.4, -0.2) is 38.8 Å². The predicted octanol–water partition coefficient (Wildman–Crippen LogP) is 3.57. The fourth-order valence-electron chi connectivity index (χ4n) is 2.76. The van der Waals surface area contributed by atoms with Crippen molar-refractivity contribution in [1.29, 1.82) is 0 Å². The minimum absolute atomic E-state index is 0.146. The van der Waals surface area contributed by atoms with Gasteiger partial charge in [-0.3, -0.25) is 4.79 Å². The molecule has 2 aromatic carbocycles. The van der Waals surface area contributed by atoms with Gasteiger partial charge in [0.1, 0.15) is 0 Å². The molecule has 0 heterocycles. The summed E-state index contributed by atoms with van der Waals surface area (Å²) in [6.45, 7) is 0.171. The van der Waals surface area contributed by atoms with Crippen molar-refractivity contribution < 1.29 is 37.1 Å². The van der Waals surface area contributed by atoms with Gasteiger partial charge in [-0.25, -0.2) is 4.79 Å². The minimum Gasteiger partial charge on any atom is -0.493 e. The van der Waals surface area contributed by atoms with Crippen molar-refractivity contribution in [3.63, 3.8) is 0 Å². The monoisotopic (exact) mass is 440 g/mol. The van der Waals surface area contributed by atoms with E-state index in [0.717, 1.165) is 0 Å². The zero-order valence-corrected chi connectivity index (χ0v) is 17.0. The number of alkyl halides is 3. The van der Waals surface area contributed by atoms with E-state index >= 15 is 0 Å². The average Bonchev–Trinajstić information content (AvgIpc) is 2.77. The van der Waals surface area contributed by atoms with Crippen LogP contribution in [0.4, 0.5) is 13.2 Å². The molecule has 2 rings (SSSR count). The smallest absolute Gasteiger partial charge is 0.471 e. The highest BCUT2D eigenvalue weighted by Crippen LogP contribution is 2.31. The maximum atomic E-state index is 12.8. The number of rotatable bonds is 10. The number of carbonyl (C=O) groups is 2. The molecule has 2 N–H and O–H groups in total. The molecule has 1 amide bonds. The predicted molar refractivity (Wildman–Crippen MR) is 106 cm³/mol. The second-order valence-electron chi connectivity index (χ2n) is 6.43. The van der Waals surface area contributed by atoms with Crippen LogP contribution in [0.3, 0.4) is 0 Å². The van der Waals surface area contributed by atoms with Crippen LogP contribution in [0.5, 0.6) is 11.5 Å². The zero-order chi connectivity index (χ0) is 22.9. The lowest BCUT2D eigenvalue weighted by molar-refractivity contribution is -0.174. The van der Waals surface area contributed by atoms with Gasteiger partial charge in [-0.15, -0.1) is 0 Å². The Bertz CT molecular complexity index is 875. The highest BCUT2D eigenvalue weighted by Gasteiger charge is 2.39. The van der Waals surface area contributed by atoms with E-state index in [1.807, 2.05) is 5.32 Å². The van der Waals surface area contributed by atoms with E-state index in [1.165, 1.54) is 20.3 Å². The quantitative estimate of drug-likeness (QED) is 0.434. The molecule has 1 atom stereocenters. The molecule has 31 heavy (non-hydrogen) atoms. The summed E-state index contributed by atoms with van der Waals surface area (Å²) in [5.41, 5.74) is 3.26. The summed E-state index contributed by atoms with van der Waals surface area (Å²) >= 11 is 0. The second-order valence-corrected chi connectivity index (χ2v) is 6.43. The summed E-state index contributed by atoms with van der Waals surface area (Å²) in [5.74, 6) is -1.90. The Morgan fingerprint density at radius 2 is 1.68 bits per heavy atom. The van der Waals surface area contributed by atoms with E-state index in [1.54, 1.807) is 42.5 Å². The van der Waals surface area contributed by atoms with Gasteiger partial charge in [0.05, 0.1) is 25.8 Å². The first-order valence-corrected chi connectivity index (χ1v) is 9.35. The number of carbonyl (C=O) groups excluding carboxylic acids is 2. The fourth-order valence-corrected chi connectivity index (χ4v) is 2.76. The SMILES string of the molecule is COc1ccc([C@@H](CCCNOC(=O)c2ccccc2)NC(=O)C(F)(F)F)cc1OC. The standard InChI is InChI=1S/C21H23F3N2O5/c1-29-17-11-10-15(13-18(17)30-2)16(26-20(28)21(22,23)24)9-6-12-25-31-19(27)14-7-4-3-5-8-14/h3-5,7-8,10-11,13,16,25H,6,9,12H2,1-2H3,(H,26,28)/t16-/m1/s1. The summed E-state index contributed by atoms with van der Waals surface area (Å²) in [6, 6.07) is 12.0. The van der Waals surface area contributed by atoms with Crippen LogP contribution in [0, 0.1) is 0 Å². The Kier molecular flexibility index (Phi) is 8.68. The molecule has 0 aliphatic heterocycles. The largest absolute Gasteiger partial charge is 0.493 e. The van der Waals surface area contributed by atoms with E-state index < -0.39 is 24.1 Å². The van der Waals surface area contributed by atoms with E-state index in [4.69, 9.17) is 14.3 Å². The molecule has 168 valence electrons. The number of methoxy groups -OCH3 is 2. The van der Waals surface area contributed by atoms with E-state index in [9.17, 15) is 22.8 Å². The van der Waals surface area contributed by atoms with E-state index in [-0.39, 0.29) is 13.0 Å². The Hall–Kier alpha value is -3.27. The molecule has 0 unspecified atom stereocenters. The number of hydroxylamine groups is 1. The Morgan fingerprint density at radius 3 is 2.29 bits per heavy atom. The van der Waals surface area contributed by atoms with Crippen molar-refractivity contribution >= 4 is 11.9 Å². The van der Waals surface area contributed by atoms with Gasteiger partial charge in [0.15, 0.2) is 11.5 Å². The molecule has 0 fully saturated rings. The number of ether oxygens (including phenoxy) is 2. The molecule has 0 spiro atoms. The van der Waals surface area contributed by atoms with Gasteiger partial charge in [0.2, 0.25) is 0 Å². The number of hydrogen-bond donors (Lipinski definition) is 2. The van der Waals surface area contributed by atoms with Gasteiger partial charge in [0.25, 0.3) is 0 Å². The van der Waals surface area contributed by atoms with Crippen LogP contribution in [0.25, 0.3) is 0 Å². The lowest BCUT2D eigenvalue weighted by Gasteiger charge is -2.21. The van der Waals surface area contributed by atoms with Gasteiger partial charge in [-0.05, 0) is 42.7 Å². The highest BCUT2D eigenvalue weighted by molar-refractivity contribution is 5.89. The Morgan fingerprint density at radius 1 is 1.00 bits per heavy atom. The molecule has 0 bridgehead atoms. The fraction of sp³-hybridized carbons (Fsp3) is 0.333. The molecule has 0 aliphatic carbocycles.